The monoisotopic (exact) mass is 367 g/mol. The predicted molar refractivity (Wildman–Crippen MR) is 91.4 cm³/mol. The molecule has 0 aliphatic carbocycles. The SMILES string of the molecule is N#Cc1cc(-c2ccc3oc([C@@]4(F)CCCN(C(=O)O)C4)nc3c2)ncn1. The Morgan fingerprint density at radius 2 is 2.22 bits per heavy atom. The van der Waals surface area contributed by atoms with Crippen LogP contribution in [0.2, 0.25) is 0 Å². The van der Waals surface area contributed by atoms with Crippen molar-refractivity contribution in [2.45, 2.75) is 18.5 Å². The van der Waals surface area contributed by atoms with Gasteiger partial charge in [-0.2, -0.15) is 5.26 Å². The number of oxazole rings is 1. The number of nitrogens with zero attached hydrogens (tertiary/aromatic N) is 5. The van der Waals surface area contributed by atoms with Crippen LogP contribution in [0.1, 0.15) is 24.4 Å². The largest absolute Gasteiger partial charge is 0.465 e. The molecule has 0 spiro atoms. The van der Waals surface area contributed by atoms with E-state index in [9.17, 15) is 4.79 Å². The minimum atomic E-state index is -1.96. The van der Waals surface area contributed by atoms with E-state index < -0.39 is 11.8 Å². The van der Waals surface area contributed by atoms with Crippen LogP contribution in [0.25, 0.3) is 22.4 Å². The molecule has 0 bridgehead atoms. The molecule has 136 valence electrons. The van der Waals surface area contributed by atoms with Crippen molar-refractivity contribution in [2.75, 3.05) is 13.1 Å². The zero-order valence-corrected chi connectivity index (χ0v) is 14.1. The van der Waals surface area contributed by atoms with Crippen molar-refractivity contribution in [3.8, 4) is 17.3 Å². The van der Waals surface area contributed by atoms with E-state index in [4.69, 9.17) is 14.8 Å². The van der Waals surface area contributed by atoms with Gasteiger partial charge in [-0.25, -0.2) is 24.1 Å². The summed E-state index contributed by atoms with van der Waals surface area (Å²) in [7, 11) is 0. The number of rotatable bonds is 2. The Kier molecular flexibility index (Phi) is 3.96. The van der Waals surface area contributed by atoms with Crippen molar-refractivity contribution in [3.63, 3.8) is 0 Å². The van der Waals surface area contributed by atoms with Crippen molar-refractivity contribution in [2.24, 2.45) is 0 Å². The molecule has 27 heavy (non-hydrogen) atoms. The standard InChI is InChI=1S/C18H14FN5O3/c19-18(4-1-5-24(9-18)17(25)26)16-23-14-6-11(2-3-15(14)27-16)13-7-12(8-20)21-10-22-13/h2-3,6-7,10H,1,4-5,9H2,(H,25,26)/t18-/m1/s1. The van der Waals surface area contributed by atoms with Crippen LogP contribution < -0.4 is 0 Å². The first-order valence-electron chi connectivity index (χ1n) is 8.29. The van der Waals surface area contributed by atoms with Crippen molar-refractivity contribution in [1.29, 1.82) is 5.26 Å². The quantitative estimate of drug-likeness (QED) is 0.740. The fourth-order valence-corrected chi connectivity index (χ4v) is 3.20. The molecule has 1 fully saturated rings. The number of nitriles is 1. The maximum atomic E-state index is 15.4. The van der Waals surface area contributed by atoms with Gasteiger partial charge in [-0.05, 0) is 31.0 Å². The van der Waals surface area contributed by atoms with Crippen molar-refractivity contribution in [3.05, 3.63) is 42.2 Å². The third-order valence-corrected chi connectivity index (χ3v) is 4.56. The zero-order chi connectivity index (χ0) is 19.0. The van der Waals surface area contributed by atoms with Crippen LogP contribution in [0, 0.1) is 11.3 Å². The molecule has 0 radical (unpaired) electrons. The number of hydrogen-bond donors (Lipinski definition) is 1. The van der Waals surface area contributed by atoms with Crippen LogP contribution in [0.15, 0.2) is 35.0 Å². The minimum absolute atomic E-state index is 0.124. The lowest BCUT2D eigenvalue weighted by Gasteiger charge is -2.33. The number of carbonyl (C=O) groups is 1. The maximum absolute atomic E-state index is 15.4. The lowest BCUT2D eigenvalue weighted by molar-refractivity contribution is 0.0248. The maximum Gasteiger partial charge on any atom is 0.407 e. The van der Waals surface area contributed by atoms with E-state index >= 15 is 4.39 Å². The third kappa shape index (κ3) is 3.06. The van der Waals surface area contributed by atoms with E-state index in [0.717, 1.165) is 4.90 Å². The van der Waals surface area contributed by atoms with E-state index in [2.05, 4.69) is 15.0 Å². The Morgan fingerprint density at radius 1 is 1.37 bits per heavy atom. The summed E-state index contributed by atoms with van der Waals surface area (Å²) in [5.41, 5.74) is 0.331. The number of halogens is 1. The van der Waals surface area contributed by atoms with Gasteiger partial charge in [0, 0.05) is 18.2 Å². The number of likely N-dealkylation sites (tertiary alicyclic amines) is 1. The summed E-state index contributed by atoms with van der Waals surface area (Å²) in [5.74, 6) is -0.124. The Bertz CT molecular complexity index is 1080. The van der Waals surface area contributed by atoms with Crippen LogP contribution in [0.4, 0.5) is 9.18 Å². The van der Waals surface area contributed by atoms with E-state index in [-0.39, 0.29) is 24.6 Å². The summed E-state index contributed by atoms with van der Waals surface area (Å²) in [6.07, 6.45) is 0.677. The summed E-state index contributed by atoms with van der Waals surface area (Å²) in [5, 5.41) is 18.1. The van der Waals surface area contributed by atoms with Gasteiger partial charge in [0.25, 0.3) is 0 Å². The summed E-state index contributed by atoms with van der Waals surface area (Å²) < 4.78 is 20.9. The van der Waals surface area contributed by atoms with Gasteiger partial charge >= 0.3 is 6.09 Å². The third-order valence-electron chi connectivity index (χ3n) is 4.56. The Balaban J connectivity index is 1.70. The molecule has 1 aliphatic heterocycles. The number of hydrogen-bond acceptors (Lipinski definition) is 6. The molecule has 1 saturated heterocycles. The molecule has 1 N–H and O–H groups in total. The molecule has 1 amide bonds. The first-order chi connectivity index (χ1) is 13.0. The molecule has 3 aromatic rings. The highest BCUT2D eigenvalue weighted by Crippen LogP contribution is 2.37. The summed E-state index contributed by atoms with van der Waals surface area (Å²) in [4.78, 5) is 24.4. The number of fused-ring (bicyclic) bond motifs is 1. The Morgan fingerprint density at radius 3 is 3.00 bits per heavy atom. The number of amides is 1. The van der Waals surface area contributed by atoms with Crippen LogP contribution in [-0.4, -0.2) is 44.1 Å². The molecule has 8 nitrogen and oxygen atoms in total. The lowest BCUT2D eigenvalue weighted by Crippen LogP contribution is -2.46. The number of alkyl halides is 1. The highest BCUT2D eigenvalue weighted by atomic mass is 19.1. The van der Waals surface area contributed by atoms with Crippen LogP contribution in [0.3, 0.4) is 0 Å². The smallest absolute Gasteiger partial charge is 0.407 e. The summed E-state index contributed by atoms with van der Waals surface area (Å²) >= 11 is 0. The van der Waals surface area contributed by atoms with Crippen molar-refractivity contribution < 1.29 is 18.7 Å². The molecule has 1 aromatic carbocycles. The van der Waals surface area contributed by atoms with Crippen molar-refractivity contribution in [1.82, 2.24) is 19.9 Å². The highest BCUT2D eigenvalue weighted by molar-refractivity contribution is 5.79. The van der Waals surface area contributed by atoms with Crippen molar-refractivity contribution >= 4 is 17.2 Å². The van der Waals surface area contributed by atoms with Crippen LogP contribution in [-0.2, 0) is 5.67 Å². The van der Waals surface area contributed by atoms with E-state index in [0.29, 0.717) is 35.3 Å². The minimum Gasteiger partial charge on any atom is -0.465 e. The van der Waals surface area contributed by atoms with E-state index in [1.165, 1.54) is 6.33 Å². The van der Waals surface area contributed by atoms with Gasteiger partial charge in [-0.1, -0.05) is 0 Å². The van der Waals surface area contributed by atoms with Gasteiger partial charge in [0.05, 0.1) is 12.2 Å². The molecule has 9 heteroatoms. The molecule has 3 heterocycles. The molecule has 1 atom stereocenters. The fraction of sp³-hybridized carbons (Fsp3) is 0.278. The van der Waals surface area contributed by atoms with E-state index in [1.807, 2.05) is 6.07 Å². The number of piperidine rings is 1. The highest BCUT2D eigenvalue weighted by Gasteiger charge is 2.43. The second-order valence-corrected chi connectivity index (χ2v) is 6.37. The Labute approximate surface area is 152 Å². The summed E-state index contributed by atoms with van der Waals surface area (Å²) in [6, 6.07) is 8.57. The second kappa shape index (κ2) is 6.32. The van der Waals surface area contributed by atoms with Crippen LogP contribution in [0.5, 0.6) is 0 Å². The molecule has 1 aliphatic rings. The molecular weight excluding hydrogens is 353 g/mol. The van der Waals surface area contributed by atoms with Gasteiger partial charge in [-0.15, -0.1) is 0 Å². The average Bonchev–Trinajstić information content (AvgIpc) is 3.12. The first kappa shape index (κ1) is 16.9. The first-order valence-corrected chi connectivity index (χ1v) is 8.29. The second-order valence-electron chi connectivity index (χ2n) is 6.37. The number of aromatic nitrogens is 3. The molecule has 0 unspecified atom stereocenters. The number of benzene rings is 1. The van der Waals surface area contributed by atoms with Gasteiger partial charge in [0.15, 0.2) is 5.58 Å². The predicted octanol–water partition coefficient (Wildman–Crippen LogP) is 3.10. The van der Waals surface area contributed by atoms with Gasteiger partial charge in [-0.3, -0.25) is 0 Å². The Hall–Kier alpha value is -3.54. The van der Waals surface area contributed by atoms with Crippen LogP contribution >= 0.6 is 0 Å². The molecule has 0 saturated carbocycles. The molecule has 2 aromatic heterocycles. The molecular formula is C18H14FN5O3. The molecule has 4 rings (SSSR count). The topological polar surface area (TPSA) is 116 Å². The normalized spacial score (nSPS) is 19.8. The van der Waals surface area contributed by atoms with Gasteiger partial charge in [0.1, 0.15) is 23.6 Å². The lowest BCUT2D eigenvalue weighted by atomic mass is 9.95. The summed E-state index contributed by atoms with van der Waals surface area (Å²) in [6.45, 7) is -0.0141. The average molecular weight is 367 g/mol. The van der Waals surface area contributed by atoms with Gasteiger partial charge < -0.3 is 14.4 Å². The zero-order valence-electron chi connectivity index (χ0n) is 14.1. The van der Waals surface area contributed by atoms with E-state index in [1.54, 1.807) is 24.3 Å². The van der Waals surface area contributed by atoms with Gasteiger partial charge in [0.2, 0.25) is 11.6 Å². The number of carboxylic acid groups (broad SMARTS) is 1. The fourth-order valence-electron chi connectivity index (χ4n) is 3.20.